The van der Waals surface area contributed by atoms with E-state index in [0.717, 1.165) is 28.5 Å². The van der Waals surface area contributed by atoms with Gasteiger partial charge < -0.3 is 10.4 Å². The number of carboxylic acids is 1. The number of anilines is 1. The van der Waals surface area contributed by atoms with Gasteiger partial charge >= 0.3 is 12.1 Å². The number of alkyl halides is 3. The minimum atomic E-state index is -4.41. The lowest BCUT2D eigenvalue weighted by Crippen LogP contribution is -2.10. The average Bonchev–Trinajstić information content (AvgIpc) is 2.79. The third kappa shape index (κ3) is 4.95. The van der Waals surface area contributed by atoms with Crippen molar-refractivity contribution in [3.05, 3.63) is 101 Å². The first-order valence-electron chi connectivity index (χ1n) is 10.2. The molecule has 0 spiro atoms. The Bertz CT molecular complexity index is 1300. The lowest BCUT2D eigenvalue weighted by molar-refractivity contribution is -0.137. The lowest BCUT2D eigenvalue weighted by Gasteiger charge is -2.18. The Morgan fingerprint density at radius 1 is 1.03 bits per heavy atom. The minimum Gasteiger partial charge on any atom is -0.478 e. The predicted molar refractivity (Wildman–Crippen MR) is 119 cm³/mol. The maximum atomic E-state index is 13.1. The molecule has 0 aliphatic carbocycles. The van der Waals surface area contributed by atoms with Crippen molar-refractivity contribution in [1.82, 2.24) is 9.97 Å². The van der Waals surface area contributed by atoms with Gasteiger partial charge in [0.2, 0.25) is 0 Å². The molecule has 2 heterocycles. The molecule has 0 radical (unpaired) electrons. The Labute approximate surface area is 187 Å². The van der Waals surface area contributed by atoms with Crippen LogP contribution in [0.5, 0.6) is 0 Å². The molecule has 2 aromatic carbocycles. The van der Waals surface area contributed by atoms with E-state index < -0.39 is 17.7 Å². The van der Waals surface area contributed by atoms with Gasteiger partial charge in [0.15, 0.2) is 0 Å². The highest BCUT2D eigenvalue weighted by Gasteiger charge is 2.30. The van der Waals surface area contributed by atoms with Crippen LogP contribution in [-0.2, 0) is 12.6 Å². The molecule has 2 aromatic heterocycles. The predicted octanol–water partition coefficient (Wildman–Crippen LogP) is 6.11. The molecule has 5 nitrogen and oxygen atoms in total. The van der Waals surface area contributed by atoms with Crippen molar-refractivity contribution >= 4 is 22.6 Å². The summed E-state index contributed by atoms with van der Waals surface area (Å²) in [5.41, 5.74) is 1.46. The van der Waals surface area contributed by atoms with E-state index in [1.54, 1.807) is 30.6 Å². The van der Waals surface area contributed by atoms with E-state index in [2.05, 4.69) is 15.3 Å². The molecule has 0 saturated carbocycles. The van der Waals surface area contributed by atoms with Crippen LogP contribution in [0.4, 0.5) is 19.0 Å². The third-order valence-corrected chi connectivity index (χ3v) is 5.39. The summed E-state index contributed by atoms with van der Waals surface area (Å²) in [4.78, 5) is 20.0. The number of benzene rings is 2. The molecule has 0 fully saturated rings. The van der Waals surface area contributed by atoms with Crippen molar-refractivity contribution < 1.29 is 23.1 Å². The van der Waals surface area contributed by atoms with Gasteiger partial charge in [-0.05, 0) is 53.8 Å². The molecular formula is C25H20F3N3O2. The number of halogens is 3. The van der Waals surface area contributed by atoms with Crippen molar-refractivity contribution in [1.29, 1.82) is 0 Å². The van der Waals surface area contributed by atoms with Crippen molar-refractivity contribution in [2.75, 3.05) is 5.32 Å². The SMILES string of the molecule is C[C@H](Nc1nccc2ccnc(Cc3cccc(C(F)(F)F)c3)c12)c1ccc(C(=O)O)cc1. The molecule has 8 heteroatoms. The van der Waals surface area contributed by atoms with Crippen LogP contribution in [0.25, 0.3) is 10.8 Å². The van der Waals surface area contributed by atoms with E-state index >= 15 is 0 Å². The number of carbonyl (C=O) groups is 1. The summed E-state index contributed by atoms with van der Waals surface area (Å²) >= 11 is 0. The van der Waals surface area contributed by atoms with Crippen LogP contribution in [0.1, 0.15) is 45.7 Å². The number of hydrogen-bond donors (Lipinski definition) is 2. The average molecular weight is 451 g/mol. The number of pyridine rings is 2. The third-order valence-electron chi connectivity index (χ3n) is 5.39. The second-order valence-corrected chi connectivity index (χ2v) is 7.68. The summed E-state index contributed by atoms with van der Waals surface area (Å²) in [7, 11) is 0. The highest BCUT2D eigenvalue weighted by molar-refractivity contribution is 5.94. The number of aromatic nitrogens is 2. The monoisotopic (exact) mass is 451 g/mol. The molecule has 0 bridgehead atoms. The zero-order chi connectivity index (χ0) is 23.6. The quantitative estimate of drug-likeness (QED) is 0.370. The molecule has 4 rings (SSSR count). The van der Waals surface area contributed by atoms with Crippen molar-refractivity contribution in [2.45, 2.75) is 25.6 Å². The van der Waals surface area contributed by atoms with Crippen LogP contribution in [0.3, 0.4) is 0 Å². The lowest BCUT2D eigenvalue weighted by atomic mass is 10.0. The smallest absolute Gasteiger partial charge is 0.416 e. The van der Waals surface area contributed by atoms with Crippen LogP contribution in [0.2, 0.25) is 0 Å². The summed E-state index contributed by atoms with van der Waals surface area (Å²) < 4.78 is 39.4. The maximum absolute atomic E-state index is 13.1. The first-order chi connectivity index (χ1) is 15.7. The van der Waals surface area contributed by atoms with Gasteiger partial charge in [0.1, 0.15) is 5.82 Å². The van der Waals surface area contributed by atoms with E-state index in [-0.39, 0.29) is 18.0 Å². The van der Waals surface area contributed by atoms with E-state index in [4.69, 9.17) is 5.11 Å². The van der Waals surface area contributed by atoms with Crippen LogP contribution < -0.4 is 5.32 Å². The van der Waals surface area contributed by atoms with Crippen LogP contribution >= 0.6 is 0 Å². The molecule has 0 aliphatic rings. The second kappa shape index (κ2) is 8.90. The molecule has 168 valence electrons. The molecule has 4 aromatic rings. The Kier molecular flexibility index (Phi) is 6.00. The van der Waals surface area contributed by atoms with E-state index in [1.165, 1.54) is 18.2 Å². The summed E-state index contributed by atoms with van der Waals surface area (Å²) in [5, 5.41) is 14.0. The van der Waals surface area contributed by atoms with Crippen LogP contribution in [0.15, 0.2) is 73.1 Å². The van der Waals surface area contributed by atoms with E-state index in [9.17, 15) is 18.0 Å². The van der Waals surface area contributed by atoms with Crippen molar-refractivity contribution in [3.63, 3.8) is 0 Å². The van der Waals surface area contributed by atoms with Gasteiger partial charge in [-0.2, -0.15) is 13.2 Å². The number of aromatic carboxylic acids is 1. The summed E-state index contributed by atoms with van der Waals surface area (Å²) in [6.07, 6.45) is -0.923. The zero-order valence-corrected chi connectivity index (χ0v) is 17.6. The number of rotatable bonds is 6. The molecule has 0 aliphatic heterocycles. The summed E-state index contributed by atoms with van der Waals surface area (Å²) in [6, 6.07) is 15.2. The fourth-order valence-electron chi connectivity index (χ4n) is 3.69. The molecule has 0 unspecified atom stereocenters. The van der Waals surface area contributed by atoms with E-state index in [0.29, 0.717) is 17.1 Å². The van der Waals surface area contributed by atoms with Crippen molar-refractivity contribution in [3.8, 4) is 0 Å². The second-order valence-electron chi connectivity index (χ2n) is 7.68. The first kappa shape index (κ1) is 22.3. The first-order valence-corrected chi connectivity index (χ1v) is 10.2. The van der Waals surface area contributed by atoms with Crippen LogP contribution in [-0.4, -0.2) is 21.0 Å². The minimum absolute atomic E-state index is 0.196. The number of carboxylic acid groups (broad SMARTS) is 1. The maximum Gasteiger partial charge on any atom is 0.416 e. The highest BCUT2D eigenvalue weighted by Crippen LogP contribution is 2.32. The van der Waals surface area contributed by atoms with Gasteiger partial charge in [-0.1, -0.05) is 30.3 Å². The van der Waals surface area contributed by atoms with Gasteiger partial charge in [0.25, 0.3) is 0 Å². The zero-order valence-electron chi connectivity index (χ0n) is 17.6. The fraction of sp³-hybridized carbons (Fsp3) is 0.160. The van der Waals surface area contributed by atoms with Gasteiger partial charge in [0, 0.05) is 30.2 Å². The number of nitrogens with one attached hydrogen (secondary N) is 1. The Hall–Kier alpha value is -3.94. The summed E-state index contributed by atoms with van der Waals surface area (Å²) in [5.74, 6) is -0.444. The number of hydrogen-bond acceptors (Lipinski definition) is 4. The Morgan fingerprint density at radius 2 is 1.73 bits per heavy atom. The molecule has 2 N–H and O–H groups in total. The fourth-order valence-corrected chi connectivity index (χ4v) is 3.69. The molecule has 0 saturated heterocycles. The molecule has 33 heavy (non-hydrogen) atoms. The summed E-state index contributed by atoms with van der Waals surface area (Å²) in [6.45, 7) is 1.92. The van der Waals surface area contributed by atoms with Crippen LogP contribution in [0, 0.1) is 0 Å². The highest BCUT2D eigenvalue weighted by atomic mass is 19.4. The van der Waals surface area contributed by atoms with Gasteiger partial charge in [0.05, 0.1) is 16.8 Å². The number of nitrogens with zero attached hydrogens (tertiary/aromatic N) is 2. The van der Waals surface area contributed by atoms with E-state index in [1.807, 2.05) is 19.1 Å². The number of fused-ring (bicyclic) bond motifs is 1. The Balaban J connectivity index is 1.67. The van der Waals surface area contributed by atoms with Gasteiger partial charge in [-0.3, -0.25) is 4.98 Å². The largest absolute Gasteiger partial charge is 0.478 e. The van der Waals surface area contributed by atoms with Gasteiger partial charge in [-0.25, -0.2) is 9.78 Å². The Morgan fingerprint density at radius 3 is 2.39 bits per heavy atom. The molecule has 1 atom stereocenters. The molecular weight excluding hydrogens is 431 g/mol. The van der Waals surface area contributed by atoms with Gasteiger partial charge in [-0.15, -0.1) is 0 Å². The van der Waals surface area contributed by atoms with Crippen molar-refractivity contribution in [2.24, 2.45) is 0 Å². The standard InChI is InChI=1S/C25H20F3N3O2/c1-15(17-5-7-19(8-6-17)24(32)33)31-23-22-18(10-12-30-23)9-11-29-21(22)14-16-3-2-4-20(13-16)25(26,27)28/h2-13,15H,14H2,1H3,(H,30,31)(H,32,33)/t15-/m0/s1. The topological polar surface area (TPSA) is 75.1 Å². The molecule has 0 amide bonds. The normalized spacial score (nSPS) is 12.5.